The number of amides is 2. The van der Waals surface area contributed by atoms with E-state index in [1.54, 1.807) is 18.3 Å². The number of hydrogen-bond acceptors (Lipinski definition) is 6. The third kappa shape index (κ3) is 3.78. The molecule has 0 aromatic heterocycles. The summed E-state index contributed by atoms with van der Waals surface area (Å²) < 4.78 is 0. The van der Waals surface area contributed by atoms with Crippen LogP contribution in [0.1, 0.15) is 35.3 Å². The van der Waals surface area contributed by atoms with Crippen LogP contribution in [0, 0.1) is 0 Å². The molecule has 0 radical (unpaired) electrons. The van der Waals surface area contributed by atoms with E-state index in [-0.39, 0.29) is 11.5 Å². The standard InChI is InChI=1S/C21H23N3O4/c1-3-24(4-2)14-6-7-15-16(10-14)17(21(28)23-20(15)27)12-22-11-13-5-8-18(25)19(26)9-13/h5-10,12,22,25-26H,3-4,11H2,1-2H3,(H,23,27,28)/b17-12+. The van der Waals surface area contributed by atoms with E-state index in [0.717, 1.165) is 24.3 Å². The molecule has 0 saturated carbocycles. The minimum absolute atomic E-state index is 0.190. The molecular formula is C21H23N3O4. The fraction of sp³-hybridized carbons (Fsp3) is 0.238. The van der Waals surface area contributed by atoms with E-state index < -0.39 is 11.8 Å². The molecule has 0 bridgehead atoms. The maximum atomic E-state index is 12.4. The summed E-state index contributed by atoms with van der Waals surface area (Å²) in [5.74, 6) is -1.27. The van der Waals surface area contributed by atoms with E-state index in [1.807, 2.05) is 26.0 Å². The Bertz CT molecular complexity index is 949. The molecule has 0 fully saturated rings. The zero-order chi connectivity index (χ0) is 20.3. The van der Waals surface area contributed by atoms with Gasteiger partial charge in [0, 0.05) is 42.6 Å². The number of phenolic OH excluding ortho intramolecular Hbond substituents is 2. The first-order chi connectivity index (χ1) is 13.4. The number of nitrogens with zero attached hydrogens (tertiary/aromatic N) is 1. The van der Waals surface area contributed by atoms with Crippen LogP contribution in [0.25, 0.3) is 5.57 Å². The lowest BCUT2D eigenvalue weighted by Crippen LogP contribution is -2.37. The topological polar surface area (TPSA) is 102 Å². The second kappa shape index (κ2) is 8.04. The van der Waals surface area contributed by atoms with Crippen LogP contribution in [-0.4, -0.2) is 35.1 Å². The molecule has 2 aromatic carbocycles. The maximum absolute atomic E-state index is 12.4. The average Bonchev–Trinajstić information content (AvgIpc) is 2.68. The van der Waals surface area contributed by atoms with Gasteiger partial charge >= 0.3 is 0 Å². The molecule has 0 saturated heterocycles. The number of nitrogens with one attached hydrogen (secondary N) is 2. The van der Waals surface area contributed by atoms with Crippen LogP contribution in [0.2, 0.25) is 0 Å². The first-order valence-electron chi connectivity index (χ1n) is 9.14. The van der Waals surface area contributed by atoms with Crippen molar-refractivity contribution in [1.29, 1.82) is 0 Å². The summed E-state index contributed by atoms with van der Waals surface area (Å²) in [5.41, 5.74) is 3.08. The molecule has 3 rings (SSSR count). The van der Waals surface area contributed by atoms with Gasteiger partial charge in [0.25, 0.3) is 11.8 Å². The van der Waals surface area contributed by atoms with Gasteiger partial charge < -0.3 is 20.4 Å². The molecule has 7 heteroatoms. The van der Waals surface area contributed by atoms with Crippen molar-refractivity contribution in [1.82, 2.24) is 10.6 Å². The quantitative estimate of drug-likeness (QED) is 0.348. The van der Waals surface area contributed by atoms with E-state index in [4.69, 9.17) is 0 Å². The molecule has 4 N–H and O–H groups in total. The number of benzene rings is 2. The Morgan fingerprint density at radius 1 is 0.964 bits per heavy atom. The van der Waals surface area contributed by atoms with Gasteiger partial charge in [0.2, 0.25) is 0 Å². The number of anilines is 1. The molecule has 28 heavy (non-hydrogen) atoms. The van der Waals surface area contributed by atoms with Gasteiger partial charge in [-0.25, -0.2) is 0 Å². The average molecular weight is 381 g/mol. The van der Waals surface area contributed by atoms with E-state index in [9.17, 15) is 19.8 Å². The van der Waals surface area contributed by atoms with Crippen molar-refractivity contribution in [3.05, 3.63) is 59.3 Å². The fourth-order valence-electron chi connectivity index (χ4n) is 3.19. The van der Waals surface area contributed by atoms with Gasteiger partial charge in [-0.15, -0.1) is 0 Å². The molecule has 2 aromatic rings. The first-order valence-corrected chi connectivity index (χ1v) is 9.14. The second-order valence-corrected chi connectivity index (χ2v) is 6.45. The number of carbonyl (C=O) groups is 2. The summed E-state index contributed by atoms with van der Waals surface area (Å²) in [5, 5.41) is 24.4. The minimum atomic E-state index is -0.463. The Labute approximate surface area is 163 Å². The Balaban J connectivity index is 1.90. The highest BCUT2D eigenvalue weighted by molar-refractivity contribution is 6.31. The molecular weight excluding hydrogens is 358 g/mol. The molecule has 0 atom stereocenters. The van der Waals surface area contributed by atoms with Crippen LogP contribution >= 0.6 is 0 Å². The van der Waals surface area contributed by atoms with E-state index in [2.05, 4.69) is 15.5 Å². The minimum Gasteiger partial charge on any atom is -0.504 e. The van der Waals surface area contributed by atoms with Crippen LogP contribution in [0.5, 0.6) is 11.5 Å². The molecule has 1 aliphatic heterocycles. The molecule has 7 nitrogen and oxygen atoms in total. The molecule has 1 heterocycles. The van der Waals surface area contributed by atoms with Gasteiger partial charge in [-0.2, -0.15) is 0 Å². The van der Waals surface area contributed by atoms with Crippen LogP contribution in [0.15, 0.2) is 42.6 Å². The Kier molecular flexibility index (Phi) is 5.54. The smallest absolute Gasteiger partial charge is 0.260 e. The van der Waals surface area contributed by atoms with Gasteiger partial charge in [-0.05, 0) is 49.7 Å². The van der Waals surface area contributed by atoms with Gasteiger partial charge in [0.15, 0.2) is 11.5 Å². The molecule has 146 valence electrons. The number of hydrogen-bond donors (Lipinski definition) is 4. The van der Waals surface area contributed by atoms with Crippen molar-refractivity contribution in [2.24, 2.45) is 0 Å². The molecule has 2 amide bonds. The van der Waals surface area contributed by atoms with Gasteiger partial charge in [-0.1, -0.05) is 6.07 Å². The molecule has 0 spiro atoms. The van der Waals surface area contributed by atoms with Crippen LogP contribution in [0.4, 0.5) is 5.69 Å². The highest BCUT2D eigenvalue weighted by Gasteiger charge is 2.27. The summed E-state index contributed by atoms with van der Waals surface area (Å²) >= 11 is 0. The Morgan fingerprint density at radius 2 is 1.71 bits per heavy atom. The number of rotatable bonds is 6. The Morgan fingerprint density at radius 3 is 2.39 bits per heavy atom. The second-order valence-electron chi connectivity index (χ2n) is 6.45. The van der Waals surface area contributed by atoms with E-state index in [0.29, 0.717) is 23.2 Å². The fourth-order valence-corrected chi connectivity index (χ4v) is 3.19. The lowest BCUT2D eigenvalue weighted by atomic mass is 9.94. The normalized spacial score (nSPS) is 14.6. The summed E-state index contributed by atoms with van der Waals surface area (Å²) in [6.45, 7) is 6.07. The lowest BCUT2D eigenvalue weighted by molar-refractivity contribution is -0.114. The SMILES string of the molecule is CCN(CC)c1ccc2c(c1)/C(=C\NCc1ccc(O)c(O)c1)C(=O)NC2=O. The third-order valence-corrected chi connectivity index (χ3v) is 4.73. The predicted octanol–water partition coefficient (Wildman–Crippen LogP) is 2.34. The van der Waals surface area contributed by atoms with Gasteiger partial charge in [0.05, 0.1) is 5.57 Å². The van der Waals surface area contributed by atoms with E-state index in [1.165, 1.54) is 12.1 Å². The van der Waals surface area contributed by atoms with Gasteiger partial charge in [0.1, 0.15) is 0 Å². The summed E-state index contributed by atoms with van der Waals surface area (Å²) in [4.78, 5) is 26.7. The maximum Gasteiger partial charge on any atom is 0.260 e. The number of carbonyl (C=O) groups excluding carboxylic acids is 2. The summed E-state index contributed by atoms with van der Waals surface area (Å²) in [7, 11) is 0. The lowest BCUT2D eigenvalue weighted by Gasteiger charge is -2.25. The van der Waals surface area contributed by atoms with Crippen molar-refractivity contribution in [2.75, 3.05) is 18.0 Å². The Hall–Kier alpha value is -3.48. The van der Waals surface area contributed by atoms with Crippen LogP contribution < -0.4 is 15.5 Å². The van der Waals surface area contributed by atoms with Gasteiger partial charge in [-0.3, -0.25) is 14.9 Å². The van der Waals surface area contributed by atoms with Crippen molar-refractivity contribution in [3.63, 3.8) is 0 Å². The number of aromatic hydroxyl groups is 2. The van der Waals surface area contributed by atoms with Crippen molar-refractivity contribution in [2.45, 2.75) is 20.4 Å². The highest BCUT2D eigenvalue weighted by atomic mass is 16.3. The molecule has 0 aliphatic carbocycles. The van der Waals surface area contributed by atoms with Crippen molar-refractivity contribution < 1.29 is 19.8 Å². The zero-order valence-corrected chi connectivity index (χ0v) is 15.8. The number of phenols is 2. The molecule has 1 aliphatic rings. The van der Waals surface area contributed by atoms with Crippen molar-refractivity contribution in [3.8, 4) is 11.5 Å². The van der Waals surface area contributed by atoms with E-state index >= 15 is 0 Å². The van der Waals surface area contributed by atoms with Crippen molar-refractivity contribution >= 4 is 23.1 Å². The third-order valence-electron chi connectivity index (χ3n) is 4.73. The predicted molar refractivity (Wildman–Crippen MR) is 107 cm³/mol. The largest absolute Gasteiger partial charge is 0.504 e. The summed E-state index contributed by atoms with van der Waals surface area (Å²) in [6, 6.07) is 9.98. The monoisotopic (exact) mass is 381 g/mol. The summed E-state index contributed by atoms with van der Waals surface area (Å²) in [6.07, 6.45) is 1.57. The van der Waals surface area contributed by atoms with Crippen LogP contribution in [0.3, 0.4) is 0 Å². The first kappa shape index (κ1) is 19.3. The zero-order valence-electron chi connectivity index (χ0n) is 15.8. The number of fused-ring (bicyclic) bond motifs is 1. The molecule has 0 unspecified atom stereocenters. The number of imide groups is 1. The highest BCUT2D eigenvalue weighted by Crippen LogP contribution is 2.29. The van der Waals surface area contributed by atoms with Crippen LogP contribution in [-0.2, 0) is 11.3 Å².